The van der Waals surface area contributed by atoms with Crippen molar-refractivity contribution in [2.75, 3.05) is 24.6 Å². The maximum atomic E-state index is 12.1. The van der Waals surface area contributed by atoms with Crippen molar-refractivity contribution in [3.05, 3.63) is 0 Å². The molecule has 0 aliphatic carbocycles. The van der Waals surface area contributed by atoms with Crippen molar-refractivity contribution in [3.63, 3.8) is 0 Å². The molecule has 2 unspecified atom stereocenters. The van der Waals surface area contributed by atoms with Gasteiger partial charge in [0, 0.05) is 12.6 Å². The van der Waals surface area contributed by atoms with Crippen molar-refractivity contribution in [1.82, 2.24) is 10.2 Å². The summed E-state index contributed by atoms with van der Waals surface area (Å²) in [7, 11) is -2.94. The molecule has 2 heterocycles. The maximum absolute atomic E-state index is 12.1. The van der Waals surface area contributed by atoms with Crippen LogP contribution < -0.4 is 5.32 Å². The third-order valence-corrected chi connectivity index (χ3v) is 5.11. The highest BCUT2D eigenvalue weighted by molar-refractivity contribution is 7.91. The molecule has 2 fully saturated rings. The van der Waals surface area contributed by atoms with Crippen LogP contribution in [0.15, 0.2) is 0 Å². The van der Waals surface area contributed by atoms with Crippen LogP contribution in [0.2, 0.25) is 0 Å². The summed E-state index contributed by atoms with van der Waals surface area (Å²) in [6, 6.07) is -0.281. The predicted octanol–water partition coefficient (Wildman–Crippen LogP) is -0.616. The second kappa shape index (κ2) is 4.33. The fourth-order valence-electron chi connectivity index (χ4n) is 2.42. The summed E-state index contributed by atoms with van der Waals surface area (Å²) in [5.74, 6) is 0.279. The van der Waals surface area contributed by atoms with E-state index in [2.05, 4.69) is 5.32 Å². The van der Waals surface area contributed by atoms with Crippen molar-refractivity contribution >= 4 is 15.7 Å². The Labute approximate surface area is 96.1 Å². The molecule has 0 aromatic carbocycles. The van der Waals surface area contributed by atoms with Crippen molar-refractivity contribution in [2.45, 2.75) is 31.8 Å². The molecule has 0 aromatic heterocycles. The second-order valence-electron chi connectivity index (χ2n) is 4.64. The summed E-state index contributed by atoms with van der Waals surface area (Å²) in [4.78, 5) is 13.8. The van der Waals surface area contributed by atoms with Crippen LogP contribution in [-0.4, -0.2) is 55.9 Å². The maximum Gasteiger partial charge on any atom is 0.240 e. The molecular weight excluding hydrogens is 228 g/mol. The lowest BCUT2D eigenvalue weighted by molar-refractivity contribution is -0.134. The molecule has 1 N–H and O–H groups in total. The van der Waals surface area contributed by atoms with Crippen LogP contribution in [0, 0.1) is 0 Å². The molecule has 6 heteroatoms. The first kappa shape index (κ1) is 11.9. The molecule has 0 bridgehead atoms. The van der Waals surface area contributed by atoms with Crippen molar-refractivity contribution < 1.29 is 13.2 Å². The van der Waals surface area contributed by atoms with Crippen molar-refractivity contribution in [1.29, 1.82) is 0 Å². The van der Waals surface area contributed by atoms with E-state index in [4.69, 9.17) is 0 Å². The third-order valence-electron chi connectivity index (χ3n) is 3.31. The Balaban J connectivity index is 2.02. The molecule has 0 saturated carbocycles. The zero-order valence-corrected chi connectivity index (χ0v) is 10.3. The fourth-order valence-corrected chi connectivity index (χ4v) is 3.98. The molecule has 2 rings (SSSR count). The van der Waals surface area contributed by atoms with E-state index < -0.39 is 9.84 Å². The summed E-state index contributed by atoms with van der Waals surface area (Å²) in [5.41, 5.74) is 0. The Morgan fingerprint density at radius 1 is 1.44 bits per heavy atom. The molecule has 2 atom stereocenters. The molecular formula is C10H18N2O3S. The predicted molar refractivity (Wildman–Crippen MR) is 60.9 cm³/mol. The molecule has 0 radical (unpaired) electrons. The summed E-state index contributed by atoms with van der Waals surface area (Å²) in [6.45, 7) is 3.04. The highest BCUT2D eigenvalue weighted by Crippen LogP contribution is 2.16. The van der Waals surface area contributed by atoms with Crippen molar-refractivity contribution in [3.8, 4) is 0 Å². The van der Waals surface area contributed by atoms with Gasteiger partial charge in [0.15, 0.2) is 9.84 Å². The Kier molecular flexibility index (Phi) is 3.21. The number of carbonyl (C=O) groups is 1. The fraction of sp³-hybridized carbons (Fsp3) is 0.900. The number of nitrogens with one attached hydrogen (secondary N) is 1. The van der Waals surface area contributed by atoms with E-state index in [1.165, 1.54) is 0 Å². The number of hydrogen-bond acceptors (Lipinski definition) is 4. The lowest BCUT2D eigenvalue weighted by Gasteiger charge is -2.34. The van der Waals surface area contributed by atoms with E-state index in [-0.39, 0.29) is 29.5 Å². The summed E-state index contributed by atoms with van der Waals surface area (Å²) in [6.07, 6.45) is 1.89. The number of amides is 1. The first-order valence-electron chi connectivity index (χ1n) is 5.74. The average Bonchev–Trinajstić information content (AvgIpc) is 2.68. The highest BCUT2D eigenvalue weighted by atomic mass is 32.2. The van der Waals surface area contributed by atoms with Gasteiger partial charge in [0.25, 0.3) is 0 Å². The zero-order chi connectivity index (χ0) is 11.8. The van der Waals surface area contributed by atoms with Gasteiger partial charge in [-0.25, -0.2) is 8.42 Å². The molecule has 0 aromatic rings. The zero-order valence-electron chi connectivity index (χ0n) is 9.48. The first-order valence-corrected chi connectivity index (χ1v) is 7.56. The van der Waals surface area contributed by atoms with Gasteiger partial charge in [0.2, 0.25) is 5.91 Å². The molecule has 2 aliphatic heterocycles. The monoisotopic (exact) mass is 246 g/mol. The van der Waals surface area contributed by atoms with E-state index in [0.717, 1.165) is 19.4 Å². The first-order chi connectivity index (χ1) is 7.49. The molecule has 0 spiro atoms. The Hall–Kier alpha value is -0.620. The smallest absolute Gasteiger partial charge is 0.240 e. The van der Waals surface area contributed by atoms with Gasteiger partial charge in [-0.3, -0.25) is 4.79 Å². The Morgan fingerprint density at radius 2 is 2.19 bits per heavy atom. The summed E-state index contributed by atoms with van der Waals surface area (Å²) < 4.78 is 22.8. The number of nitrogens with zero attached hydrogens (tertiary/aromatic N) is 1. The van der Waals surface area contributed by atoms with Gasteiger partial charge in [0.05, 0.1) is 17.5 Å². The quantitative estimate of drug-likeness (QED) is 0.670. The highest BCUT2D eigenvalue weighted by Gasteiger charge is 2.35. The van der Waals surface area contributed by atoms with Gasteiger partial charge in [-0.05, 0) is 26.3 Å². The Bertz CT molecular complexity index is 374. The van der Waals surface area contributed by atoms with E-state index in [1.54, 1.807) is 4.90 Å². The van der Waals surface area contributed by atoms with E-state index in [0.29, 0.717) is 6.54 Å². The van der Waals surface area contributed by atoms with Crippen LogP contribution in [0.25, 0.3) is 0 Å². The minimum Gasteiger partial charge on any atom is -0.337 e. The summed E-state index contributed by atoms with van der Waals surface area (Å²) >= 11 is 0. The van der Waals surface area contributed by atoms with Gasteiger partial charge < -0.3 is 10.2 Å². The number of sulfone groups is 1. The SMILES string of the molecule is CC1CS(=O)(=O)CCN1C(=O)C1CCCN1. The average molecular weight is 246 g/mol. The molecule has 1 amide bonds. The minimum atomic E-state index is -2.94. The molecule has 16 heavy (non-hydrogen) atoms. The van der Waals surface area contributed by atoms with Crippen LogP contribution in [0.5, 0.6) is 0 Å². The van der Waals surface area contributed by atoms with Crippen LogP contribution in [0.3, 0.4) is 0 Å². The van der Waals surface area contributed by atoms with Gasteiger partial charge in [-0.15, -0.1) is 0 Å². The lowest BCUT2D eigenvalue weighted by atomic mass is 10.1. The van der Waals surface area contributed by atoms with E-state index in [1.807, 2.05) is 6.92 Å². The molecule has 5 nitrogen and oxygen atoms in total. The third kappa shape index (κ3) is 2.38. The number of hydrogen-bond donors (Lipinski definition) is 1. The van der Waals surface area contributed by atoms with Gasteiger partial charge >= 0.3 is 0 Å². The molecule has 2 saturated heterocycles. The van der Waals surface area contributed by atoms with E-state index >= 15 is 0 Å². The number of rotatable bonds is 1. The van der Waals surface area contributed by atoms with Gasteiger partial charge in [0.1, 0.15) is 0 Å². The standard InChI is InChI=1S/C10H18N2O3S/c1-8-7-16(14,15)6-5-12(8)10(13)9-3-2-4-11-9/h8-9,11H,2-7H2,1H3. The molecule has 2 aliphatic rings. The Morgan fingerprint density at radius 3 is 2.75 bits per heavy atom. The van der Waals surface area contributed by atoms with Crippen LogP contribution in [-0.2, 0) is 14.6 Å². The van der Waals surface area contributed by atoms with Crippen LogP contribution in [0.1, 0.15) is 19.8 Å². The van der Waals surface area contributed by atoms with Gasteiger partial charge in [-0.1, -0.05) is 0 Å². The lowest BCUT2D eigenvalue weighted by Crippen LogP contribution is -2.54. The van der Waals surface area contributed by atoms with Crippen LogP contribution >= 0.6 is 0 Å². The largest absolute Gasteiger partial charge is 0.337 e. The van der Waals surface area contributed by atoms with E-state index in [9.17, 15) is 13.2 Å². The van der Waals surface area contributed by atoms with Gasteiger partial charge in [-0.2, -0.15) is 0 Å². The topological polar surface area (TPSA) is 66.5 Å². The second-order valence-corrected chi connectivity index (χ2v) is 6.87. The van der Waals surface area contributed by atoms with Crippen LogP contribution in [0.4, 0.5) is 0 Å². The summed E-state index contributed by atoms with van der Waals surface area (Å²) in [5, 5.41) is 3.15. The van der Waals surface area contributed by atoms with Crippen molar-refractivity contribution in [2.24, 2.45) is 0 Å². The normalized spacial score (nSPS) is 33.9. The number of carbonyl (C=O) groups excluding carboxylic acids is 1. The molecule has 92 valence electrons. The minimum absolute atomic E-state index is 0.0694.